The Kier molecular flexibility index (Phi) is 7.02. The third kappa shape index (κ3) is 5.80. The number of halogens is 1. The molecule has 0 unspecified atom stereocenters. The summed E-state index contributed by atoms with van der Waals surface area (Å²) in [7, 11) is 1.91. The van der Waals surface area contributed by atoms with Crippen molar-refractivity contribution in [3.8, 4) is 0 Å². The van der Waals surface area contributed by atoms with Crippen molar-refractivity contribution < 1.29 is 9.90 Å². The fourth-order valence-corrected chi connectivity index (χ4v) is 3.79. The average Bonchev–Trinajstić information content (AvgIpc) is 2.49. The van der Waals surface area contributed by atoms with Crippen LogP contribution >= 0.6 is 23.4 Å². The quantitative estimate of drug-likeness (QED) is 0.772. The fourth-order valence-electron chi connectivity index (χ4n) is 2.75. The van der Waals surface area contributed by atoms with Crippen molar-refractivity contribution >= 4 is 29.3 Å². The number of carboxylic acids is 1. The second kappa shape index (κ2) is 8.77. The number of likely N-dealkylation sites (tertiary alicyclic amines) is 1. The minimum absolute atomic E-state index is 0.136. The first-order valence-electron chi connectivity index (χ1n) is 7.57. The number of aliphatic carboxylic acids is 1. The topological polar surface area (TPSA) is 43.8 Å². The van der Waals surface area contributed by atoms with Gasteiger partial charge in [0.15, 0.2) is 0 Å². The highest BCUT2D eigenvalue weighted by molar-refractivity contribution is 7.99. The summed E-state index contributed by atoms with van der Waals surface area (Å²) in [5, 5.41) is 9.62. The van der Waals surface area contributed by atoms with Crippen LogP contribution in [0.2, 0.25) is 5.02 Å². The van der Waals surface area contributed by atoms with E-state index in [1.54, 1.807) is 0 Å². The van der Waals surface area contributed by atoms with Gasteiger partial charge < -0.3 is 10.0 Å². The molecule has 22 heavy (non-hydrogen) atoms. The molecule has 1 saturated heterocycles. The van der Waals surface area contributed by atoms with E-state index in [0.717, 1.165) is 43.3 Å². The Hall–Kier alpha value is -0.750. The zero-order valence-corrected chi connectivity index (χ0v) is 14.4. The lowest BCUT2D eigenvalue weighted by molar-refractivity contribution is -0.138. The van der Waals surface area contributed by atoms with Gasteiger partial charge in [-0.15, -0.1) is 11.8 Å². The van der Waals surface area contributed by atoms with Gasteiger partial charge in [0.25, 0.3) is 0 Å². The lowest BCUT2D eigenvalue weighted by atomic mass is 10.0. The molecule has 0 bridgehead atoms. The first-order valence-corrected chi connectivity index (χ1v) is 8.93. The summed E-state index contributed by atoms with van der Waals surface area (Å²) in [6.45, 7) is 3.31. The third-order valence-electron chi connectivity index (χ3n) is 4.05. The van der Waals surface area contributed by atoms with Gasteiger partial charge in [-0.2, -0.15) is 0 Å². The van der Waals surface area contributed by atoms with Crippen molar-refractivity contribution in [3.63, 3.8) is 0 Å². The van der Waals surface area contributed by atoms with Crippen LogP contribution in [0.25, 0.3) is 0 Å². The molecule has 0 radical (unpaired) electrons. The van der Waals surface area contributed by atoms with Gasteiger partial charge in [-0.25, -0.2) is 0 Å². The first kappa shape index (κ1) is 17.6. The predicted octanol–water partition coefficient (Wildman–Crippen LogP) is 2.91. The van der Waals surface area contributed by atoms with E-state index in [1.165, 1.54) is 4.90 Å². The molecule has 0 spiro atoms. The smallest absolute Gasteiger partial charge is 0.317 e. The number of nitrogens with zero attached hydrogens (tertiary/aromatic N) is 2. The molecule has 1 heterocycles. The molecule has 6 heteroatoms. The number of hydrogen-bond donors (Lipinski definition) is 1. The van der Waals surface area contributed by atoms with Crippen LogP contribution in [0.1, 0.15) is 12.8 Å². The van der Waals surface area contributed by atoms with E-state index in [1.807, 2.05) is 35.8 Å². The van der Waals surface area contributed by atoms with Crippen molar-refractivity contribution in [1.82, 2.24) is 9.80 Å². The highest BCUT2D eigenvalue weighted by Gasteiger charge is 2.23. The van der Waals surface area contributed by atoms with E-state index >= 15 is 0 Å². The van der Waals surface area contributed by atoms with E-state index in [2.05, 4.69) is 17.0 Å². The molecule has 2 rings (SSSR count). The Labute approximate surface area is 141 Å². The monoisotopic (exact) mass is 342 g/mol. The first-order chi connectivity index (χ1) is 10.5. The predicted molar refractivity (Wildman–Crippen MR) is 91.9 cm³/mol. The Morgan fingerprint density at radius 2 is 2.00 bits per heavy atom. The fraction of sp³-hybridized carbons (Fsp3) is 0.562. The number of rotatable bonds is 7. The summed E-state index contributed by atoms with van der Waals surface area (Å²) in [6, 6.07) is 8.36. The van der Waals surface area contributed by atoms with Crippen LogP contribution in [0.15, 0.2) is 29.2 Å². The van der Waals surface area contributed by atoms with Crippen molar-refractivity contribution in [2.24, 2.45) is 0 Å². The number of piperidine rings is 1. The number of carboxylic acid groups (broad SMARTS) is 1. The van der Waals surface area contributed by atoms with Gasteiger partial charge in [0.1, 0.15) is 0 Å². The van der Waals surface area contributed by atoms with Gasteiger partial charge >= 0.3 is 5.97 Å². The molecule has 1 aromatic rings. The number of thioether (sulfide) groups is 1. The second-order valence-corrected chi connectivity index (χ2v) is 7.29. The second-order valence-electron chi connectivity index (χ2n) is 5.68. The Balaban J connectivity index is 1.65. The summed E-state index contributed by atoms with van der Waals surface area (Å²) in [4.78, 5) is 16.4. The van der Waals surface area contributed by atoms with Crippen LogP contribution in [-0.4, -0.2) is 65.9 Å². The van der Waals surface area contributed by atoms with Crippen molar-refractivity contribution in [2.75, 3.05) is 39.0 Å². The summed E-state index contributed by atoms with van der Waals surface area (Å²) in [5.41, 5.74) is 0. The molecule has 1 fully saturated rings. The number of benzene rings is 1. The number of carbonyl (C=O) groups is 1. The summed E-state index contributed by atoms with van der Waals surface area (Å²) >= 11 is 7.73. The summed E-state index contributed by atoms with van der Waals surface area (Å²) in [6.07, 6.45) is 2.10. The lowest BCUT2D eigenvalue weighted by Gasteiger charge is -2.36. The Bertz CT molecular complexity index is 476. The third-order valence-corrected chi connectivity index (χ3v) is 5.30. The minimum Gasteiger partial charge on any atom is -0.480 e. The normalized spacial score (nSPS) is 17.0. The van der Waals surface area contributed by atoms with E-state index in [0.29, 0.717) is 6.04 Å². The molecule has 1 aliphatic rings. The summed E-state index contributed by atoms with van der Waals surface area (Å²) in [5.74, 6) is 0.321. The van der Waals surface area contributed by atoms with Gasteiger partial charge in [-0.1, -0.05) is 11.6 Å². The molecule has 0 amide bonds. The molecular weight excluding hydrogens is 320 g/mol. The van der Waals surface area contributed by atoms with Crippen LogP contribution in [0.4, 0.5) is 0 Å². The molecule has 0 aromatic heterocycles. The highest BCUT2D eigenvalue weighted by atomic mass is 35.5. The molecule has 0 aliphatic carbocycles. The van der Waals surface area contributed by atoms with Gasteiger partial charge in [-0.05, 0) is 57.2 Å². The molecule has 0 atom stereocenters. The molecule has 1 aromatic carbocycles. The molecule has 122 valence electrons. The molecule has 4 nitrogen and oxygen atoms in total. The maximum atomic E-state index is 10.8. The van der Waals surface area contributed by atoms with E-state index in [-0.39, 0.29) is 6.54 Å². The van der Waals surface area contributed by atoms with E-state index in [4.69, 9.17) is 16.7 Å². The van der Waals surface area contributed by atoms with Crippen LogP contribution in [0.5, 0.6) is 0 Å². The van der Waals surface area contributed by atoms with Crippen molar-refractivity contribution in [1.29, 1.82) is 0 Å². The highest BCUT2D eigenvalue weighted by Crippen LogP contribution is 2.21. The lowest BCUT2D eigenvalue weighted by Crippen LogP contribution is -2.45. The van der Waals surface area contributed by atoms with Gasteiger partial charge in [-0.3, -0.25) is 9.69 Å². The SMILES string of the molecule is CN(CC(=O)O)C1CCN(CCSc2ccc(Cl)cc2)CC1. The maximum Gasteiger partial charge on any atom is 0.317 e. The molecule has 0 saturated carbocycles. The number of likely N-dealkylation sites (N-methyl/N-ethyl adjacent to an activating group) is 1. The standard InChI is InChI=1S/C16H23ClN2O2S/c1-18(12-16(20)21)14-6-8-19(9-7-14)10-11-22-15-4-2-13(17)3-5-15/h2-5,14H,6-12H2,1H3,(H,20,21). The van der Waals surface area contributed by atoms with Gasteiger partial charge in [0, 0.05) is 28.3 Å². The molecule has 1 N–H and O–H groups in total. The van der Waals surface area contributed by atoms with Gasteiger partial charge in [0.2, 0.25) is 0 Å². The van der Waals surface area contributed by atoms with E-state index in [9.17, 15) is 4.79 Å². The molecule has 1 aliphatic heterocycles. The van der Waals surface area contributed by atoms with Gasteiger partial charge in [0.05, 0.1) is 6.54 Å². The summed E-state index contributed by atoms with van der Waals surface area (Å²) < 4.78 is 0. The Morgan fingerprint density at radius 1 is 1.36 bits per heavy atom. The van der Waals surface area contributed by atoms with E-state index < -0.39 is 5.97 Å². The molecular formula is C16H23ClN2O2S. The van der Waals surface area contributed by atoms with Crippen molar-refractivity contribution in [3.05, 3.63) is 29.3 Å². The zero-order valence-electron chi connectivity index (χ0n) is 12.9. The average molecular weight is 343 g/mol. The van der Waals surface area contributed by atoms with Crippen LogP contribution in [0, 0.1) is 0 Å². The van der Waals surface area contributed by atoms with Crippen molar-refractivity contribution in [2.45, 2.75) is 23.8 Å². The van der Waals surface area contributed by atoms with Crippen LogP contribution in [0.3, 0.4) is 0 Å². The minimum atomic E-state index is -0.746. The number of hydrogen-bond acceptors (Lipinski definition) is 4. The zero-order chi connectivity index (χ0) is 15.9. The van der Waals surface area contributed by atoms with Crippen LogP contribution < -0.4 is 0 Å². The Morgan fingerprint density at radius 3 is 2.59 bits per heavy atom. The maximum absolute atomic E-state index is 10.8. The van der Waals surface area contributed by atoms with Crippen LogP contribution in [-0.2, 0) is 4.79 Å². The largest absolute Gasteiger partial charge is 0.480 e.